The summed E-state index contributed by atoms with van der Waals surface area (Å²) in [7, 11) is 0. The Morgan fingerprint density at radius 1 is 1.36 bits per heavy atom. The lowest BCUT2D eigenvalue weighted by Crippen LogP contribution is -1.98. The highest BCUT2D eigenvalue weighted by Crippen LogP contribution is 2.22. The minimum atomic E-state index is -0.432. The van der Waals surface area contributed by atoms with Crippen molar-refractivity contribution in [1.82, 2.24) is 0 Å². The standard InChI is InChI=1S/C10H7ClO3/c11-5-6-3-10(13)14-9-2-1-7(12)4-8(6)9/h1-4,12H,5H2. The van der Waals surface area contributed by atoms with Gasteiger partial charge in [0, 0.05) is 17.3 Å². The summed E-state index contributed by atoms with van der Waals surface area (Å²) in [5, 5.41) is 9.92. The molecule has 0 aliphatic carbocycles. The van der Waals surface area contributed by atoms with E-state index in [0.29, 0.717) is 16.5 Å². The number of fused-ring (bicyclic) bond motifs is 1. The molecule has 1 heterocycles. The van der Waals surface area contributed by atoms with Crippen LogP contribution in [-0.4, -0.2) is 5.11 Å². The number of phenolic OH excluding ortho intramolecular Hbond substituents is 1. The van der Waals surface area contributed by atoms with Gasteiger partial charge in [-0.15, -0.1) is 11.6 Å². The van der Waals surface area contributed by atoms with Crippen molar-refractivity contribution < 1.29 is 9.52 Å². The molecule has 0 unspecified atom stereocenters. The van der Waals surface area contributed by atoms with Crippen molar-refractivity contribution in [2.75, 3.05) is 0 Å². The van der Waals surface area contributed by atoms with Gasteiger partial charge >= 0.3 is 5.63 Å². The number of alkyl halides is 1. The van der Waals surface area contributed by atoms with Crippen LogP contribution in [0.4, 0.5) is 0 Å². The van der Waals surface area contributed by atoms with Gasteiger partial charge in [0.2, 0.25) is 0 Å². The maximum Gasteiger partial charge on any atom is 0.336 e. The van der Waals surface area contributed by atoms with Crippen LogP contribution < -0.4 is 5.63 Å². The fraction of sp³-hybridized carbons (Fsp3) is 0.100. The van der Waals surface area contributed by atoms with Crippen LogP contribution in [0.25, 0.3) is 11.0 Å². The molecule has 0 saturated heterocycles. The third-order valence-electron chi connectivity index (χ3n) is 1.96. The Morgan fingerprint density at radius 2 is 2.14 bits per heavy atom. The van der Waals surface area contributed by atoms with Crippen LogP contribution in [-0.2, 0) is 5.88 Å². The highest BCUT2D eigenvalue weighted by molar-refractivity contribution is 6.17. The predicted molar refractivity (Wildman–Crippen MR) is 53.7 cm³/mol. The van der Waals surface area contributed by atoms with E-state index in [1.807, 2.05) is 0 Å². The Bertz CT molecular complexity index is 530. The van der Waals surface area contributed by atoms with Crippen LogP contribution in [0.1, 0.15) is 5.56 Å². The summed E-state index contributed by atoms with van der Waals surface area (Å²) in [4.78, 5) is 11.1. The van der Waals surface area contributed by atoms with Crippen molar-refractivity contribution in [3.8, 4) is 5.75 Å². The first-order valence-electron chi connectivity index (χ1n) is 4.02. The van der Waals surface area contributed by atoms with E-state index < -0.39 is 5.63 Å². The molecule has 0 aliphatic rings. The molecule has 2 rings (SSSR count). The Kier molecular flexibility index (Phi) is 2.17. The van der Waals surface area contributed by atoms with E-state index in [4.69, 9.17) is 16.0 Å². The Labute approximate surface area is 84.5 Å². The molecule has 0 spiro atoms. The van der Waals surface area contributed by atoms with Crippen LogP contribution in [0.5, 0.6) is 5.75 Å². The van der Waals surface area contributed by atoms with E-state index in [2.05, 4.69) is 0 Å². The molecule has 0 aliphatic heterocycles. The highest BCUT2D eigenvalue weighted by atomic mass is 35.5. The first-order valence-corrected chi connectivity index (χ1v) is 4.56. The number of rotatable bonds is 1. The Morgan fingerprint density at radius 3 is 2.86 bits per heavy atom. The zero-order valence-electron chi connectivity index (χ0n) is 7.16. The first kappa shape index (κ1) is 9.09. The maximum atomic E-state index is 11.1. The lowest BCUT2D eigenvalue weighted by molar-refractivity contribution is 0.475. The molecule has 1 aromatic heterocycles. The van der Waals surface area contributed by atoms with Gasteiger partial charge in [0.05, 0.1) is 0 Å². The summed E-state index contributed by atoms with van der Waals surface area (Å²) in [6.45, 7) is 0. The number of aromatic hydroxyl groups is 1. The first-order chi connectivity index (χ1) is 6.70. The van der Waals surface area contributed by atoms with E-state index in [1.54, 1.807) is 6.07 Å². The molecule has 0 saturated carbocycles. The predicted octanol–water partition coefficient (Wildman–Crippen LogP) is 2.24. The van der Waals surface area contributed by atoms with E-state index in [9.17, 15) is 9.90 Å². The monoisotopic (exact) mass is 210 g/mol. The minimum Gasteiger partial charge on any atom is -0.508 e. The molecule has 72 valence electrons. The fourth-order valence-electron chi connectivity index (χ4n) is 1.33. The highest BCUT2D eigenvalue weighted by Gasteiger charge is 2.04. The van der Waals surface area contributed by atoms with E-state index in [-0.39, 0.29) is 11.6 Å². The van der Waals surface area contributed by atoms with Crippen molar-refractivity contribution in [2.45, 2.75) is 5.88 Å². The zero-order chi connectivity index (χ0) is 10.1. The van der Waals surface area contributed by atoms with Crippen LogP contribution in [0.15, 0.2) is 33.5 Å². The summed E-state index contributed by atoms with van der Waals surface area (Å²) < 4.78 is 4.93. The largest absolute Gasteiger partial charge is 0.508 e. The van der Waals surface area contributed by atoms with E-state index in [1.165, 1.54) is 18.2 Å². The molecule has 0 bridgehead atoms. The normalized spacial score (nSPS) is 10.6. The van der Waals surface area contributed by atoms with E-state index >= 15 is 0 Å². The maximum absolute atomic E-state index is 11.1. The van der Waals surface area contributed by atoms with Crippen LogP contribution in [0.2, 0.25) is 0 Å². The number of halogens is 1. The van der Waals surface area contributed by atoms with Gasteiger partial charge in [-0.05, 0) is 23.8 Å². The molecule has 0 amide bonds. The number of hydrogen-bond acceptors (Lipinski definition) is 3. The van der Waals surface area contributed by atoms with Crippen molar-refractivity contribution >= 4 is 22.6 Å². The molecule has 4 heteroatoms. The molecule has 1 N–H and O–H groups in total. The third-order valence-corrected chi connectivity index (χ3v) is 2.24. The smallest absolute Gasteiger partial charge is 0.336 e. The number of hydrogen-bond donors (Lipinski definition) is 1. The molecule has 0 fully saturated rings. The molecule has 2 aromatic rings. The summed E-state index contributed by atoms with van der Waals surface area (Å²) >= 11 is 5.67. The van der Waals surface area contributed by atoms with Gasteiger partial charge in [-0.1, -0.05) is 0 Å². The number of phenols is 1. The second-order valence-electron chi connectivity index (χ2n) is 2.90. The SMILES string of the molecule is O=c1cc(CCl)c2cc(O)ccc2o1. The van der Waals surface area contributed by atoms with Crippen molar-refractivity contribution in [1.29, 1.82) is 0 Å². The molecule has 0 atom stereocenters. The zero-order valence-corrected chi connectivity index (χ0v) is 7.91. The summed E-state index contributed by atoms with van der Waals surface area (Å²) in [5.74, 6) is 0.337. The Hall–Kier alpha value is -1.48. The number of benzene rings is 1. The molecule has 14 heavy (non-hydrogen) atoms. The van der Waals surface area contributed by atoms with Crippen LogP contribution in [0.3, 0.4) is 0 Å². The Balaban J connectivity index is 2.88. The van der Waals surface area contributed by atoms with Gasteiger partial charge in [0.1, 0.15) is 11.3 Å². The van der Waals surface area contributed by atoms with Crippen LogP contribution in [0, 0.1) is 0 Å². The lowest BCUT2D eigenvalue weighted by atomic mass is 10.1. The van der Waals surface area contributed by atoms with Crippen molar-refractivity contribution in [3.05, 3.63) is 40.2 Å². The van der Waals surface area contributed by atoms with Crippen molar-refractivity contribution in [3.63, 3.8) is 0 Å². The molecular formula is C10H7ClO3. The quantitative estimate of drug-likeness (QED) is 0.580. The van der Waals surface area contributed by atoms with E-state index in [0.717, 1.165) is 0 Å². The van der Waals surface area contributed by atoms with Gasteiger partial charge < -0.3 is 9.52 Å². The van der Waals surface area contributed by atoms with Crippen LogP contribution >= 0.6 is 11.6 Å². The van der Waals surface area contributed by atoms with Gasteiger partial charge in [0.15, 0.2) is 0 Å². The lowest BCUT2D eigenvalue weighted by Gasteiger charge is -2.01. The molecule has 1 aromatic carbocycles. The second-order valence-corrected chi connectivity index (χ2v) is 3.17. The summed E-state index contributed by atoms with van der Waals surface area (Å²) in [6, 6.07) is 5.86. The summed E-state index contributed by atoms with van der Waals surface area (Å²) in [6.07, 6.45) is 0. The molecule has 3 nitrogen and oxygen atoms in total. The van der Waals surface area contributed by atoms with Gasteiger partial charge in [0.25, 0.3) is 0 Å². The summed E-state index contributed by atoms with van der Waals surface area (Å²) in [5.41, 5.74) is 0.665. The average Bonchev–Trinajstić information content (AvgIpc) is 2.17. The molecular weight excluding hydrogens is 204 g/mol. The van der Waals surface area contributed by atoms with Gasteiger partial charge in [-0.25, -0.2) is 4.79 Å². The second kappa shape index (κ2) is 3.35. The average molecular weight is 211 g/mol. The molecule has 0 radical (unpaired) electrons. The third kappa shape index (κ3) is 1.46. The van der Waals surface area contributed by atoms with Crippen molar-refractivity contribution in [2.24, 2.45) is 0 Å². The van der Waals surface area contributed by atoms with Gasteiger partial charge in [-0.2, -0.15) is 0 Å². The fourth-order valence-corrected chi connectivity index (χ4v) is 1.55. The minimum absolute atomic E-state index is 0.123. The van der Waals surface area contributed by atoms with Gasteiger partial charge in [-0.3, -0.25) is 0 Å². The topological polar surface area (TPSA) is 50.4 Å².